The van der Waals surface area contributed by atoms with Crippen molar-refractivity contribution in [3.05, 3.63) is 76.5 Å². The molecule has 0 fully saturated rings. The number of carbonyl (C=O) groups excluding carboxylic acids is 1. The van der Waals surface area contributed by atoms with E-state index < -0.39 is 0 Å². The average Bonchev–Trinajstić information content (AvgIpc) is 2.57. The smallest absolute Gasteiger partial charge is 0.274 e. The fraction of sp³-hybridized carbons (Fsp3) is 0.0556. The molecule has 0 spiro atoms. The fourth-order valence-corrected chi connectivity index (χ4v) is 2.47. The van der Waals surface area contributed by atoms with Crippen molar-refractivity contribution in [2.75, 3.05) is 10.6 Å². The van der Waals surface area contributed by atoms with E-state index in [9.17, 15) is 4.79 Å². The Morgan fingerprint density at radius 2 is 1.83 bits per heavy atom. The fourth-order valence-electron chi connectivity index (χ4n) is 2.07. The number of benzene rings is 2. The molecule has 0 bridgehead atoms. The van der Waals surface area contributed by atoms with Crippen molar-refractivity contribution in [2.24, 2.45) is 0 Å². The molecule has 1 heterocycles. The number of nitrogens with zero attached hydrogens (tertiary/aromatic N) is 2. The third-order valence-electron chi connectivity index (χ3n) is 3.28. The van der Waals surface area contributed by atoms with Gasteiger partial charge >= 0.3 is 0 Å². The van der Waals surface area contributed by atoms with E-state index in [4.69, 9.17) is 0 Å². The molecule has 0 aliphatic rings. The maximum absolute atomic E-state index is 12.3. The van der Waals surface area contributed by atoms with Gasteiger partial charge in [-0.1, -0.05) is 39.7 Å². The van der Waals surface area contributed by atoms with Crippen LogP contribution in [0.5, 0.6) is 0 Å². The second-order valence-corrected chi connectivity index (χ2v) is 6.14. The predicted octanol–water partition coefficient (Wildman–Crippen LogP) is 4.54. The van der Waals surface area contributed by atoms with Crippen LogP contribution in [-0.4, -0.2) is 15.9 Å². The van der Waals surface area contributed by atoms with Crippen LogP contribution in [0.2, 0.25) is 0 Å². The Hall–Kier alpha value is -2.73. The molecule has 2 N–H and O–H groups in total. The lowest BCUT2D eigenvalue weighted by Crippen LogP contribution is -2.14. The van der Waals surface area contributed by atoms with Crippen LogP contribution in [0.4, 0.5) is 17.3 Å². The van der Waals surface area contributed by atoms with E-state index in [2.05, 4.69) is 36.5 Å². The summed E-state index contributed by atoms with van der Waals surface area (Å²) in [5.41, 5.74) is 3.02. The van der Waals surface area contributed by atoms with Crippen molar-refractivity contribution >= 4 is 39.2 Å². The first-order valence-electron chi connectivity index (χ1n) is 7.34. The minimum absolute atomic E-state index is 0.289. The van der Waals surface area contributed by atoms with Crippen molar-refractivity contribution in [3.8, 4) is 0 Å². The van der Waals surface area contributed by atoms with E-state index in [0.717, 1.165) is 10.2 Å². The number of hydrogen-bond acceptors (Lipinski definition) is 4. The molecule has 1 aromatic heterocycles. The standard InChI is InChI=1S/C18H15BrN4O/c1-12-5-7-14(8-6-12)22-18-20-10-9-16(23-18)17(24)21-15-4-2-3-13(19)11-15/h2-11H,1H3,(H,21,24)(H,20,22,23). The molecule has 0 atom stereocenters. The summed E-state index contributed by atoms with van der Waals surface area (Å²) in [4.78, 5) is 20.7. The first-order valence-corrected chi connectivity index (χ1v) is 8.13. The molecule has 0 aliphatic heterocycles. The Kier molecular flexibility index (Phi) is 4.86. The molecule has 0 unspecified atom stereocenters. The van der Waals surface area contributed by atoms with Crippen molar-refractivity contribution < 1.29 is 4.79 Å². The zero-order valence-corrected chi connectivity index (χ0v) is 14.5. The third kappa shape index (κ3) is 4.17. The summed E-state index contributed by atoms with van der Waals surface area (Å²) in [5, 5.41) is 5.90. The maximum atomic E-state index is 12.3. The minimum atomic E-state index is -0.289. The molecule has 6 heteroatoms. The van der Waals surface area contributed by atoms with Gasteiger partial charge in [-0.2, -0.15) is 0 Å². The van der Waals surface area contributed by atoms with Gasteiger partial charge in [0.05, 0.1) is 0 Å². The Bertz CT molecular complexity index is 865. The molecule has 24 heavy (non-hydrogen) atoms. The van der Waals surface area contributed by atoms with E-state index in [-0.39, 0.29) is 5.91 Å². The van der Waals surface area contributed by atoms with E-state index in [1.807, 2.05) is 55.5 Å². The quantitative estimate of drug-likeness (QED) is 0.694. The molecule has 0 saturated heterocycles. The predicted molar refractivity (Wildman–Crippen MR) is 98.6 cm³/mol. The first-order chi connectivity index (χ1) is 11.6. The average molecular weight is 383 g/mol. The van der Waals surface area contributed by atoms with E-state index in [0.29, 0.717) is 17.3 Å². The van der Waals surface area contributed by atoms with Crippen molar-refractivity contribution in [1.29, 1.82) is 0 Å². The number of anilines is 3. The molecule has 5 nitrogen and oxygen atoms in total. The lowest BCUT2D eigenvalue weighted by molar-refractivity contribution is 0.102. The monoisotopic (exact) mass is 382 g/mol. The molecule has 0 saturated carbocycles. The number of amides is 1. The van der Waals surface area contributed by atoms with Crippen molar-refractivity contribution in [2.45, 2.75) is 6.92 Å². The molecule has 2 aromatic carbocycles. The van der Waals surface area contributed by atoms with Gasteiger partial charge in [0.25, 0.3) is 5.91 Å². The van der Waals surface area contributed by atoms with Crippen LogP contribution in [-0.2, 0) is 0 Å². The van der Waals surface area contributed by atoms with Crippen molar-refractivity contribution in [3.63, 3.8) is 0 Å². The number of halogens is 1. The van der Waals surface area contributed by atoms with Crippen molar-refractivity contribution in [1.82, 2.24) is 9.97 Å². The number of aryl methyl sites for hydroxylation is 1. The SMILES string of the molecule is Cc1ccc(Nc2nccc(C(=O)Nc3cccc(Br)c3)n2)cc1. The molecular formula is C18H15BrN4O. The number of rotatable bonds is 4. The molecule has 1 amide bonds. The number of aromatic nitrogens is 2. The highest BCUT2D eigenvalue weighted by atomic mass is 79.9. The summed E-state index contributed by atoms with van der Waals surface area (Å²) in [6.45, 7) is 2.02. The van der Waals surface area contributed by atoms with Gasteiger partial charge in [0.15, 0.2) is 0 Å². The Balaban J connectivity index is 1.74. The summed E-state index contributed by atoms with van der Waals surface area (Å²) < 4.78 is 0.893. The summed E-state index contributed by atoms with van der Waals surface area (Å²) in [6, 6.07) is 16.8. The lowest BCUT2D eigenvalue weighted by atomic mass is 10.2. The van der Waals surface area contributed by atoms with Gasteiger partial charge in [0.2, 0.25) is 5.95 Å². The highest BCUT2D eigenvalue weighted by Gasteiger charge is 2.09. The highest BCUT2D eigenvalue weighted by Crippen LogP contribution is 2.17. The van der Waals surface area contributed by atoms with Gasteiger partial charge < -0.3 is 10.6 Å². The zero-order chi connectivity index (χ0) is 16.9. The van der Waals surface area contributed by atoms with Crippen LogP contribution < -0.4 is 10.6 Å². The Labute approximate surface area is 148 Å². The molecular weight excluding hydrogens is 368 g/mol. The lowest BCUT2D eigenvalue weighted by Gasteiger charge is -2.08. The van der Waals surface area contributed by atoms with Crippen LogP contribution in [0.3, 0.4) is 0 Å². The largest absolute Gasteiger partial charge is 0.324 e. The summed E-state index contributed by atoms with van der Waals surface area (Å²) in [7, 11) is 0. The van der Waals surface area contributed by atoms with Gasteiger partial charge in [0.1, 0.15) is 5.69 Å². The summed E-state index contributed by atoms with van der Waals surface area (Å²) in [6.07, 6.45) is 1.55. The van der Waals surface area contributed by atoms with E-state index in [1.54, 1.807) is 12.3 Å². The molecule has 3 rings (SSSR count). The zero-order valence-electron chi connectivity index (χ0n) is 13.0. The van der Waals surface area contributed by atoms with Crippen LogP contribution in [0.15, 0.2) is 65.3 Å². The Morgan fingerprint density at radius 1 is 1.04 bits per heavy atom. The maximum Gasteiger partial charge on any atom is 0.274 e. The molecule has 0 aliphatic carbocycles. The van der Waals surface area contributed by atoms with E-state index >= 15 is 0 Å². The van der Waals surface area contributed by atoms with Crippen LogP contribution in [0, 0.1) is 6.92 Å². The highest BCUT2D eigenvalue weighted by molar-refractivity contribution is 9.10. The number of nitrogens with one attached hydrogen (secondary N) is 2. The second-order valence-electron chi connectivity index (χ2n) is 5.22. The topological polar surface area (TPSA) is 66.9 Å². The van der Waals surface area contributed by atoms with Crippen LogP contribution in [0.1, 0.15) is 16.1 Å². The second kappa shape index (κ2) is 7.23. The molecule has 120 valence electrons. The third-order valence-corrected chi connectivity index (χ3v) is 3.77. The summed E-state index contributed by atoms with van der Waals surface area (Å²) >= 11 is 3.38. The van der Waals surface area contributed by atoms with Gasteiger partial charge in [-0.05, 0) is 43.3 Å². The van der Waals surface area contributed by atoms with Gasteiger partial charge in [-0.3, -0.25) is 4.79 Å². The van der Waals surface area contributed by atoms with Crippen LogP contribution >= 0.6 is 15.9 Å². The number of hydrogen-bond donors (Lipinski definition) is 2. The van der Waals surface area contributed by atoms with E-state index in [1.165, 1.54) is 5.56 Å². The summed E-state index contributed by atoms with van der Waals surface area (Å²) in [5.74, 6) is 0.0863. The normalized spacial score (nSPS) is 10.2. The minimum Gasteiger partial charge on any atom is -0.324 e. The van der Waals surface area contributed by atoms with Crippen LogP contribution in [0.25, 0.3) is 0 Å². The molecule has 0 radical (unpaired) electrons. The Morgan fingerprint density at radius 3 is 2.58 bits per heavy atom. The first kappa shape index (κ1) is 16.1. The van der Waals surface area contributed by atoms with Gasteiger partial charge in [-0.25, -0.2) is 9.97 Å². The van der Waals surface area contributed by atoms with Gasteiger partial charge in [0, 0.05) is 22.0 Å². The number of carbonyl (C=O) groups is 1. The van der Waals surface area contributed by atoms with Gasteiger partial charge in [-0.15, -0.1) is 0 Å². The molecule has 3 aromatic rings.